The van der Waals surface area contributed by atoms with E-state index in [0.717, 1.165) is 11.1 Å². The minimum atomic E-state index is -0.958. The van der Waals surface area contributed by atoms with Gasteiger partial charge in [-0.15, -0.1) is 5.92 Å². The van der Waals surface area contributed by atoms with Crippen molar-refractivity contribution in [3.05, 3.63) is 76.0 Å². The van der Waals surface area contributed by atoms with Crippen molar-refractivity contribution in [2.75, 3.05) is 0 Å². The minimum Gasteiger partial charge on any atom is -0.478 e. The number of benzene rings is 2. The fraction of sp³-hybridized carbons (Fsp3) is 0.261. The molecule has 0 bridgehead atoms. The van der Waals surface area contributed by atoms with Gasteiger partial charge in [-0.1, -0.05) is 62.2 Å². The highest BCUT2D eigenvalue weighted by atomic mass is 16.4. The van der Waals surface area contributed by atoms with Gasteiger partial charge in [0.25, 0.3) is 0 Å². The molecule has 2 aromatic carbocycles. The first-order chi connectivity index (χ1) is 13.9. The maximum atomic E-state index is 12.7. The van der Waals surface area contributed by atoms with Gasteiger partial charge in [-0.2, -0.15) is 5.10 Å². The lowest BCUT2D eigenvalue weighted by molar-refractivity contribution is 0.0697. The molecule has 0 aliphatic rings. The lowest BCUT2D eigenvalue weighted by Gasteiger charge is -2.10. The molecule has 1 heterocycles. The molecule has 29 heavy (non-hydrogen) atoms. The number of aromatic carboxylic acids is 1. The summed E-state index contributed by atoms with van der Waals surface area (Å²) in [5, 5.41) is 13.8. The van der Waals surface area contributed by atoms with Crippen LogP contribution in [0.2, 0.25) is 0 Å². The van der Waals surface area contributed by atoms with Crippen molar-refractivity contribution in [3.63, 3.8) is 0 Å². The van der Waals surface area contributed by atoms with Crippen LogP contribution in [0, 0.1) is 11.8 Å². The summed E-state index contributed by atoms with van der Waals surface area (Å²) in [5.41, 5.74) is 2.50. The fourth-order valence-electron chi connectivity index (χ4n) is 3.18. The zero-order chi connectivity index (χ0) is 21.0. The summed E-state index contributed by atoms with van der Waals surface area (Å²) in [6.07, 6.45) is 0. The van der Waals surface area contributed by atoms with Gasteiger partial charge in [0.1, 0.15) is 12.4 Å². The second-order valence-corrected chi connectivity index (χ2v) is 7.01. The SMILES string of the molecule is CC#CCn1nc(C(C)C)n(Cc2ccc(-c3ccccc3C(=O)O)cc2)c1=O. The number of aromatic nitrogens is 3. The molecule has 0 aliphatic carbocycles. The van der Waals surface area contributed by atoms with Gasteiger partial charge in [0, 0.05) is 5.92 Å². The van der Waals surface area contributed by atoms with Crippen molar-refractivity contribution < 1.29 is 9.90 Å². The molecule has 3 rings (SSSR count). The van der Waals surface area contributed by atoms with Gasteiger partial charge in [-0.25, -0.2) is 14.3 Å². The lowest BCUT2D eigenvalue weighted by Crippen LogP contribution is -2.26. The minimum absolute atomic E-state index is 0.0975. The van der Waals surface area contributed by atoms with Crippen LogP contribution in [0.5, 0.6) is 0 Å². The molecule has 6 heteroatoms. The van der Waals surface area contributed by atoms with Gasteiger partial charge in [-0.3, -0.25) is 4.57 Å². The average Bonchev–Trinajstić information content (AvgIpc) is 3.03. The maximum absolute atomic E-state index is 12.7. The van der Waals surface area contributed by atoms with E-state index in [1.807, 2.05) is 44.2 Å². The molecular formula is C23H23N3O3. The Kier molecular flexibility index (Phi) is 5.99. The molecular weight excluding hydrogens is 366 g/mol. The molecule has 0 saturated heterocycles. The standard InChI is InChI=1S/C23H23N3O3/c1-4-5-14-26-23(29)25(21(24-26)16(2)3)15-17-10-12-18(13-11-17)19-8-6-7-9-20(19)22(27)28/h6-13,16H,14-15H2,1-3H3,(H,27,28). The molecule has 148 valence electrons. The van der Waals surface area contributed by atoms with E-state index in [4.69, 9.17) is 0 Å². The van der Waals surface area contributed by atoms with Gasteiger partial charge in [0.2, 0.25) is 0 Å². The Hall–Kier alpha value is -3.59. The number of nitrogens with zero attached hydrogens (tertiary/aromatic N) is 3. The van der Waals surface area contributed by atoms with Crippen LogP contribution in [0.1, 0.15) is 48.4 Å². The third-order valence-electron chi connectivity index (χ3n) is 4.64. The van der Waals surface area contributed by atoms with Crippen molar-refractivity contribution >= 4 is 5.97 Å². The molecule has 0 spiro atoms. The highest BCUT2D eigenvalue weighted by Gasteiger charge is 2.16. The monoisotopic (exact) mass is 389 g/mol. The largest absolute Gasteiger partial charge is 0.478 e. The summed E-state index contributed by atoms with van der Waals surface area (Å²) in [6, 6.07) is 14.5. The summed E-state index contributed by atoms with van der Waals surface area (Å²) in [7, 11) is 0. The molecule has 0 radical (unpaired) electrons. The van der Waals surface area contributed by atoms with Gasteiger partial charge in [0.15, 0.2) is 0 Å². The highest BCUT2D eigenvalue weighted by molar-refractivity contribution is 5.95. The van der Waals surface area contributed by atoms with E-state index in [-0.39, 0.29) is 23.7 Å². The van der Waals surface area contributed by atoms with E-state index < -0.39 is 5.97 Å². The topological polar surface area (TPSA) is 77.1 Å². The second kappa shape index (κ2) is 8.61. The van der Waals surface area contributed by atoms with Crippen molar-refractivity contribution in [2.45, 2.75) is 39.8 Å². The van der Waals surface area contributed by atoms with Crippen LogP contribution in [0.4, 0.5) is 0 Å². The van der Waals surface area contributed by atoms with Crippen LogP contribution in [0.25, 0.3) is 11.1 Å². The number of carboxylic acids is 1. The van der Waals surface area contributed by atoms with Crippen molar-refractivity contribution in [1.82, 2.24) is 14.3 Å². The quantitative estimate of drug-likeness (QED) is 0.654. The van der Waals surface area contributed by atoms with Crippen molar-refractivity contribution in [3.8, 4) is 23.0 Å². The van der Waals surface area contributed by atoms with Crippen LogP contribution in [-0.4, -0.2) is 25.4 Å². The molecule has 6 nitrogen and oxygen atoms in total. The Morgan fingerprint density at radius 3 is 2.45 bits per heavy atom. The van der Waals surface area contributed by atoms with Crippen molar-refractivity contribution in [2.24, 2.45) is 0 Å². The first-order valence-corrected chi connectivity index (χ1v) is 9.41. The zero-order valence-corrected chi connectivity index (χ0v) is 16.7. The summed E-state index contributed by atoms with van der Waals surface area (Å²) in [4.78, 5) is 24.2. The normalized spacial score (nSPS) is 10.6. The second-order valence-electron chi connectivity index (χ2n) is 7.01. The summed E-state index contributed by atoms with van der Waals surface area (Å²) >= 11 is 0. The molecule has 0 amide bonds. The smallest absolute Gasteiger partial charge is 0.347 e. The predicted octanol–water partition coefficient (Wildman–Crippen LogP) is 3.61. The molecule has 0 saturated carbocycles. The number of rotatable bonds is 6. The Bertz CT molecular complexity index is 1140. The van der Waals surface area contributed by atoms with Gasteiger partial charge in [-0.05, 0) is 29.7 Å². The van der Waals surface area contributed by atoms with Crippen LogP contribution >= 0.6 is 0 Å². The maximum Gasteiger partial charge on any atom is 0.347 e. The zero-order valence-electron chi connectivity index (χ0n) is 16.7. The summed E-state index contributed by atoms with van der Waals surface area (Å²) in [6.45, 7) is 6.40. The van der Waals surface area contributed by atoms with Crippen LogP contribution in [0.3, 0.4) is 0 Å². The fourth-order valence-corrected chi connectivity index (χ4v) is 3.18. The Morgan fingerprint density at radius 2 is 1.83 bits per heavy atom. The predicted molar refractivity (Wildman–Crippen MR) is 112 cm³/mol. The third-order valence-corrected chi connectivity index (χ3v) is 4.64. The number of hydrogen-bond acceptors (Lipinski definition) is 3. The molecule has 0 unspecified atom stereocenters. The third kappa shape index (κ3) is 4.30. The Labute approximate surface area is 169 Å². The van der Waals surface area contributed by atoms with E-state index in [0.29, 0.717) is 17.9 Å². The van der Waals surface area contributed by atoms with Crippen LogP contribution < -0.4 is 5.69 Å². The van der Waals surface area contributed by atoms with Gasteiger partial charge in [0.05, 0.1) is 12.1 Å². The first kappa shape index (κ1) is 20.2. The highest BCUT2D eigenvalue weighted by Crippen LogP contribution is 2.24. The molecule has 0 aliphatic heterocycles. The van der Waals surface area contributed by atoms with E-state index in [9.17, 15) is 14.7 Å². The van der Waals surface area contributed by atoms with E-state index in [1.165, 1.54) is 4.68 Å². The van der Waals surface area contributed by atoms with Gasteiger partial charge >= 0.3 is 11.7 Å². The van der Waals surface area contributed by atoms with E-state index >= 15 is 0 Å². The molecule has 1 N–H and O–H groups in total. The average molecular weight is 389 g/mol. The van der Waals surface area contributed by atoms with E-state index in [2.05, 4.69) is 16.9 Å². The summed E-state index contributed by atoms with van der Waals surface area (Å²) in [5.74, 6) is 5.52. The lowest BCUT2D eigenvalue weighted by atomic mass is 9.99. The van der Waals surface area contributed by atoms with E-state index in [1.54, 1.807) is 29.7 Å². The number of carboxylic acid groups (broad SMARTS) is 1. The van der Waals surface area contributed by atoms with Gasteiger partial charge < -0.3 is 5.11 Å². The summed E-state index contributed by atoms with van der Waals surface area (Å²) < 4.78 is 3.06. The molecule has 0 atom stereocenters. The number of hydrogen-bond donors (Lipinski definition) is 1. The first-order valence-electron chi connectivity index (χ1n) is 9.41. The molecule has 1 aromatic heterocycles. The van der Waals surface area contributed by atoms with Crippen LogP contribution in [-0.2, 0) is 13.1 Å². The molecule has 3 aromatic rings. The number of carbonyl (C=O) groups is 1. The Morgan fingerprint density at radius 1 is 1.14 bits per heavy atom. The molecule has 0 fully saturated rings. The van der Waals surface area contributed by atoms with Crippen molar-refractivity contribution in [1.29, 1.82) is 0 Å². The van der Waals surface area contributed by atoms with Crippen LogP contribution in [0.15, 0.2) is 53.3 Å². The Balaban J connectivity index is 1.93.